The number of aliphatic hydroxyl groups is 5. The van der Waals surface area contributed by atoms with Crippen molar-refractivity contribution in [3.63, 3.8) is 0 Å². The molecule has 0 rings (SSSR count). The van der Waals surface area contributed by atoms with E-state index in [0.717, 1.165) is 64.2 Å². The number of aliphatic hydroxyl groups excluding tert-OH is 5. The number of hydrogen-bond acceptors (Lipinski definition) is 5. The van der Waals surface area contributed by atoms with E-state index in [0.29, 0.717) is 33.0 Å². The Bertz CT molecular complexity index is 96.5. The third-order valence-corrected chi connectivity index (χ3v) is 2.56. The van der Waals surface area contributed by atoms with Crippen LogP contribution in [0.5, 0.6) is 0 Å². The number of hydrogen-bond donors (Lipinski definition) is 5. The molecule has 26 heavy (non-hydrogen) atoms. The maximum Gasteiger partial charge on any atom is 0.0430 e. The zero-order valence-corrected chi connectivity index (χ0v) is 20.3. The van der Waals surface area contributed by atoms with Crippen molar-refractivity contribution in [2.24, 2.45) is 0 Å². The van der Waals surface area contributed by atoms with Gasteiger partial charge in [0.2, 0.25) is 0 Å². The van der Waals surface area contributed by atoms with Gasteiger partial charge in [0.05, 0.1) is 0 Å². The van der Waals surface area contributed by atoms with Crippen LogP contribution in [0.15, 0.2) is 0 Å². The predicted octanol–water partition coefficient (Wildman–Crippen LogP) is 3.89. The summed E-state index contributed by atoms with van der Waals surface area (Å²) in [5.41, 5.74) is 0. The van der Waals surface area contributed by atoms with Gasteiger partial charge in [0, 0.05) is 54.1 Å². The molecule has 0 atom stereocenters. The Hall–Kier alpha value is 0.488. The van der Waals surface area contributed by atoms with Gasteiger partial charge in [-0.1, -0.05) is 66.7 Å². The average Bonchev–Trinajstić information content (AvgIpc) is 2.61. The molecule has 0 radical (unpaired) electrons. The molecule has 6 heteroatoms. The van der Waals surface area contributed by atoms with Gasteiger partial charge < -0.3 is 25.5 Å². The van der Waals surface area contributed by atoms with Crippen molar-refractivity contribution in [2.75, 3.05) is 33.0 Å². The van der Waals surface area contributed by atoms with Crippen LogP contribution in [0.25, 0.3) is 0 Å². The fraction of sp³-hybridized carbons (Fsp3) is 1.00. The van der Waals surface area contributed by atoms with Crippen LogP contribution < -0.4 is 0 Å². The van der Waals surface area contributed by atoms with Crippen molar-refractivity contribution >= 4 is 0 Å². The van der Waals surface area contributed by atoms with Gasteiger partial charge >= 0.3 is 0 Å². The SMILES string of the molecule is CCCCO.CCCCO.CCCCO.CCCCO.CCCCO.[Mo]. The topological polar surface area (TPSA) is 101 Å². The van der Waals surface area contributed by atoms with Crippen molar-refractivity contribution < 1.29 is 46.6 Å². The maximum atomic E-state index is 8.07. The molecule has 166 valence electrons. The zero-order valence-electron chi connectivity index (χ0n) is 18.3. The number of unbranched alkanes of at least 4 members (excludes halogenated alkanes) is 5. The van der Waals surface area contributed by atoms with Crippen molar-refractivity contribution in [3.8, 4) is 0 Å². The third kappa shape index (κ3) is 123. The van der Waals surface area contributed by atoms with E-state index >= 15 is 0 Å². The molecule has 0 amide bonds. The van der Waals surface area contributed by atoms with Crippen LogP contribution in [0, 0.1) is 0 Å². The van der Waals surface area contributed by atoms with Crippen LogP contribution in [-0.2, 0) is 21.1 Å². The van der Waals surface area contributed by atoms with Gasteiger partial charge in [0.1, 0.15) is 0 Å². The summed E-state index contributed by atoms with van der Waals surface area (Å²) in [5.74, 6) is 0. The second-order valence-corrected chi connectivity index (χ2v) is 5.39. The molecule has 0 aliphatic carbocycles. The van der Waals surface area contributed by atoms with Crippen LogP contribution in [-0.4, -0.2) is 58.6 Å². The molecule has 5 N–H and O–H groups in total. The molecular formula is C20H50MoO5. The Morgan fingerprint density at radius 3 is 0.462 bits per heavy atom. The summed E-state index contributed by atoms with van der Waals surface area (Å²) in [4.78, 5) is 0. The van der Waals surface area contributed by atoms with E-state index in [1.165, 1.54) is 0 Å². The van der Waals surface area contributed by atoms with Crippen LogP contribution in [0.3, 0.4) is 0 Å². The molecule has 0 heterocycles. The molecule has 0 unspecified atom stereocenters. The summed E-state index contributed by atoms with van der Waals surface area (Å²) in [6, 6.07) is 0. The molecule has 0 fully saturated rings. The first-order valence-electron chi connectivity index (χ1n) is 10.1. The summed E-state index contributed by atoms with van der Waals surface area (Å²) in [7, 11) is 0. The minimum Gasteiger partial charge on any atom is -0.396 e. The van der Waals surface area contributed by atoms with Crippen molar-refractivity contribution in [2.45, 2.75) is 98.8 Å². The summed E-state index contributed by atoms with van der Waals surface area (Å²) in [6.07, 6.45) is 10.2. The molecule has 0 aromatic heterocycles. The van der Waals surface area contributed by atoms with Crippen LogP contribution in [0.2, 0.25) is 0 Å². The zero-order chi connectivity index (χ0) is 20.6. The van der Waals surface area contributed by atoms with E-state index in [1.807, 2.05) is 0 Å². The Balaban J connectivity index is -0.0000000476. The van der Waals surface area contributed by atoms with Crippen molar-refractivity contribution in [1.82, 2.24) is 0 Å². The second kappa shape index (κ2) is 63.7. The van der Waals surface area contributed by atoms with E-state index in [4.69, 9.17) is 25.5 Å². The fourth-order valence-electron chi connectivity index (χ4n) is 0.791. The molecule has 5 nitrogen and oxygen atoms in total. The standard InChI is InChI=1S/5C4H10O.Mo/c5*1-2-3-4-5;/h5*5H,2-4H2,1H3;. The molecule has 0 bridgehead atoms. The van der Waals surface area contributed by atoms with Crippen LogP contribution in [0.4, 0.5) is 0 Å². The summed E-state index contributed by atoms with van der Waals surface area (Å²) >= 11 is 0. The van der Waals surface area contributed by atoms with E-state index in [-0.39, 0.29) is 21.1 Å². The molecule has 0 aliphatic rings. The fourth-order valence-corrected chi connectivity index (χ4v) is 0.791. The van der Waals surface area contributed by atoms with Gasteiger partial charge in [-0.15, -0.1) is 0 Å². The molecule has 0 saturated carbocycles. The van der Waals surface area contributed by atoms with E-state index < -0.39 is 0 Å². The number of rotatable bonds is 10. The van der Waals surface area contributed by atoms with Crippen LogP contribution in [0.1, 0.15) is 98.8 Å². The average molecular weight is 467 g/mol. The summed E-state index contributed by atoms with van der Waals surface area (Å²) < 4.78 is 0. The minimum absolute atomic E-state index is 0. The first-order valence-corrected chi connectivity index (χ1v) is 10.1. The maximum absolute atomic E-state index is 8.07. The van der Waals surface area contributed by atoms with Gasteiger partial charge in [0.25, 0.3) is 0 Å². The normalized spacial score (nSPS) is 8.08. The van der Waals surface area contributed by atoms with E-state index in [9.17, 15) is 0 Å². The molecule has 0 saturated heterocycles. The molecule has 0 aromatic carbocycles. The molecule has 0 spiro atoms. The molecular weight excluding hydrogens is 416 g/mol. The first-order chi connectivity index (χ1) is 12.1. The predicted molar refractivity (Wildman–Crippen MR) is 110 cm³/mol. The first kappa shape index (κ1) is 41.0. The van der Waals surface area contributed by atoms with Gasteiger partial charge in [-0.25, -0.2) is 0 Å². The Morgan fingerprint density at radius 2 is 0.462 bits per heavy atom. The summed E-state index contributed by atoms with van der Waals surface area (Å²) in [6.45, 7) is 12.0. The monoisotopic (exact) mass is 468 g/mol. The van der Waals surface area contributed by atoms with Gasteiger partial charge in [-0.05, 0) is 32.1 Å². The van der Waals surface area contributed by atoms with Gasteiger partial charge in [0.15, 0.2) is 0 Å². The Morgan fingerprint density at radius 1 is 0.346 bits per heavy atom. The minimum atomic E-state index is 0. The largest absolute Gasteiger partial charge is 0.396 e. The van der Waals surface area contributed by atoms with Crippen molar-refractivity contribution in [1.29, 1.82) is 0 Å². The second-order valence-electron chi connectivity index (χ2n) is 5.39. The summed E-state index contributed by atoms with van der Waals surface area (Å²) in [5, 5.41) is 40.3. The van der Waals surface area contributed by atoms with E-state index in [1.54, 1.807) is 0 Å². The smallest absolute Gasteiger partial charge is 0.0430 e. The van der Waals surface area contributed by atoms with Crippen LogP contribution >= 0.6 is 0 Å². The quantitative estimate of drug-likeness (QED) is 0.315. The molecule has 0 aliphatic heterocycles. The van der Waals surface area contributed by atoms with Gasteiger partial charge in [-0.2, -0.15) is 0 Å². The van der Waals surface area contributed by atoms with E-state index in [2.05, 4.69) is 34.6 Å². The Labute approximate surface area is 178 Å². The van der Waals surface area contributed by atoms with Gasteiger partial charge in [-0.3, -0.25) is 0 Å². The third-order valence-electron chi connectivity index (χ3n) is 2.56. The molecule has 0 aromatic rings. The Kier molecular flexibility index (Phi) is 100. The van der Waals surface area contributed by atoms with Crippen molar-refractivity contribution in [3.05, 3.63) is 0 Å².